The van der Waals surface area contributed by atoms with Crippen molar-refractivity contribution in [3.63, 3.8) is 0 Å². The van der Waals surface area contributed by atoms with Gasteiger partial charge in [0.25, 0.3) is 5.91 Å². The van der Waals surface area contributed by atoms with Gasteiger partial charge in [0.1, 0.15) is 5.76 Å². The second-order valence-corrected chi connectivity index (χ2v) is 5.20. The fourth-order valence-corrected chi connectivity index (χ4v) is 1.93. The van der Waals surface area contributed by atoms with Gasteiger partial charge < -0.3 is 14.4 Å². The monoisotopic (exact) mass is 253 g/mol. The number of carbonyl (C=O) groups is 1. The van der Waals surface area contributed by atoms with Crippen LogP contribution in [0.15, 0.2) is 10.5 Å². The number of hydrogen-bond acceptors (Lipinski definition) is 3. The minimum absolute atomic E-state index is 0.164. The van der Waals surface area contributed by atoms with Gasteiger partial charge in [0, 0.05) is 19.5 Å². The Labute approximate surface area is 109 Å². The minimum atomic E-state index is -0.902. The molecule has 1 amide bonds. The van der Waals surface area contributed by atoms with E-state index in [0.29, 0.717) is 18.8 Å². The average Bonchev–Trinajstić information content (AvgIpc) is 2.65. The van der Waals surface area contributed by atoms with Gasteiger partial charge in [0.15, 0.2) is 5.76 Å². The number of aliphatic hydroxyl groups is 1. The third-order valence-electron chi connectivity index (χ3n) is 2.80. The molecule has 18 heavy (non-hydrogen) atoms. The van der Waals surface area contributed by atoms with E-state index in [4.69, 9.17) is 4.42 Å². The Morgan fingerprint density at radius 3 is 2.44 bits per heavy atom. The highest BCUT2D eigenvalue weighted by Crippen LogP contribution is 2.18. The van der Waals surface area contributed by atoms with Crippen molar-refractivity contribution in [2.75, 3.05) is 13.1 Å². The smallest absolute Gasteiger partial charge is 0.289 e. The summed E-state index contributed by atoms with van der Waals surface area (Å²) in [5.41, 5.74) is 0.0983. The fourth-order valence-electron chi connectivity index (χ4n) is 1.93. The molecule has 0 saturated carbocycles. The predicted octanol–water partition coefficient (Wildman–Crippen LogP) is 2.38. The Bertz CT molecular complexity index is 415. The minimum Gasteiger partial charge on any atom is -0.456 e. The zero-order chi connectivity index (χ0) is 13.9. The van der Waals surface area contributed by atoms with Crippen LogP contribution < -0.4 is 0 Å². The highest BCUT2D eigenvalue weighted by atomic mass is 16.4. The third kappa shape index (κ3) is 3.60. The van der Waals surface area contributed by atoms with E-state index >= 15 is 0 Å². The van der Waals surface area contributed by atoms with Crippen LogP contribution in [0.2, 0.25) is 0 Å². The number of furan rings is 1. The Morgan fingerprint density at radius 1 is 1.44 bits per heavy atom. The summed E-state index contributed by atoms with van der Waals surface area (Å²) in [6.07, 6.45) is 0.775. The van der Waals surface area contributed by atoms with Gasteiger partial charge in [-0.3, -0.25) is 4.79 Å². The van der Waals surface area contributed by atoms with Crippen LogP contribution >= 0.6 is 0 Å². The summed E-state index contributed by atoms with van der Waals surface area (Å²) in [5, 5.41) is 9.80. The van der Waals surface area contributed by atoms with Gasteiger partial charge in [0.05, 0.1) is 5.60 Å². The van der Waals surface area contributed by atoms with Crippen molar-refractivity contribution in [1.29, 1.82) is 0 Å². The first-order valence-electron chi connectivity index (χ1n) is 6.39. The summed E-state index contributed by atoms with van der Waals surface area (Å²) in [6.45, 7) is 10.0. The Hall–Kier alpha value is -1.29. The van der Waals surface area contributed by atoms with Crippen molar-refractivity contribution in [2.24, 2.45) is 0 Å². The van der Waals surface area contributed by atoms with E-state index in [0.717, 1.165) is 17.7 Å². The van der Waals surface area contributed by atoms with Crippen LogP contribution in [-0.4, -0.2) is 34.6 Å². The normalized spacial score (nSPS) is 11.7. The Kier molecular flexibility index (Phi) is 4.57. The van der Waals surface area contributed by atoms with Gasteiger partial charge in [-0.15, -0.1) is 0 Å². The average molecular weight is 253 g/mol. The van der Waals surface area contributed by atoms with Gasteiger partial charge in [-0.1, -0.05) is 6.92 Å². The number of hydrogen-bond donors (Lipinski definition) is 1. The lowest BCUT2D eigenvalue weighted by Gasteiger charge is -2.27. The van der Waals surface area contributed by atoms with E-state index in [9.17, 15) is 9.90 Å². The summed E-state index contributed by atoms with van der Waals surface area (Å²) < 4.78 is 5.55. The molecule has 0 aliphatic rings. The van der Waals surface area contributed by atoms with Crippen LogP contribution in [0.1, 0.15) is 49.6 Å². The molecule has 0 radical (unpaired) electrons. The zero-order valence-corrected chi connectivity index (χ0v) is 11.9. The van der Waals surface area contributed by atoms with Gasteiger partial charge in [0.2, 0.25) is 0 Å². The molecule has 0 fully saturated rings. The van der Waals surface area contributed by atoms with Crippen molar-refractivity contribution in [2.45, 2.75) is 46.6 Å². The van der Waals surface area contributed by atoms with Crippen LogP contribution in [0, 0.1) is 6.92 Å². The molecule has 1 rings (SSSR count). The van der Waals surface area contributed by atoms with Gasteiger partial charge in [-0.2, -0.15) is 0 Å². The third-order valence-corrected chi connectivity index (χ3v) is 2.80. The van der Waals surface area contributed by atoms with Crippen LogP contribution in [0.4, 0.5) is 0 Å². The maximum Gasteiger partial charge on any atom is 0.289 e. The highest BCUT2D eigenvalue weighted by Gasteiger charge is 2.24. The van der Waals surface area contributed by atoms with Crippen molar-refractivity contribution >= 4 is 5.91 Å². The lowest BCUT2D eigenvalue weighted by atomic mass is 10.1. The van der Waals surface area contributed by atoms with E-state index in [-0.39, 0.29) is 5.91 Å². The quantitative estimate of drug-likeness (QED) is 0.876. The number of rotatable bonds is 5. The van der Waals surface area contributed by atoms with E-state index in [1.807, 2.05) is 20.8 Å². The molecule has 0 spiro atoms. The summed E-state index contributed by atoms with van der Waals surface area (Å²) in [6, 6.07) is 1.77. The zero-order valence-electron chi connectivity index (χ0n) is 11.9. The van der Waals surface area contributed by atoms with Crippen molar-refractivity contribution in [3.8, 4) is 0 Å². The molecular formula is C14H23NO3. The molecule has 4 heteroatoms. The molecule has 4 nitrogen and oxygen atoms in total. The molecule has 1 heterocycles. The summed E-state index contributed by atoms with van der Waals surface area (Å²) in [4.78, 5) is 13.9. The molecule has 0 bridgehead atoms. The predicted molar refractivity (Wildman–Crippen MR) is 70.7 cm³/mol. The number of amides is 1. The van der Waals surface area contributed by atoms with Crippen LogP contribution in [0.25, 0.3) is 0 Å². The van der Waals surface area contributed by atoms with Crippen molar-refractivity contribution in [3.05, 3.63) is 23.2 Å². The van der Waals surface area contributed by atoms with Crippen LogP contribution in [0.3, 0.4) is 0 Å². The van der Waals surface area contributed by atoms with E-state index in [1.54, 1.807) is 24.8 Å². The molecule has 0 aliphatic carbocycles. The summed E-state index contributed by atoms with van der Waals surface area (Å²) in [7, 11) is 0. The fraction of sp³-hybridized carbons (Fsp3) is 0.643. The molecule has 1 N–H and O–H groups in total. The molecule has 0 atom stereocenters. The van der Waals surface area contributed by atoms with Gasteiger partial charge >= 0.3 is 0 Å². The number of aryl methyl sites for hydroxylation is 2. The van der Waals surface area contributed by atoms with Gasteiger partial charge in [-0.25, -0.2) is 0 Å². The first-order valence-corrected chi connectivity index (χ1v) is 6.39. The highest BCUT2D eigenvalue weighted by molar-refractivity contribution is 5.91. The molecular weight excluding hydrogens is 230 g/mol. The molecule has 0 unspecified atom stereocenters. The number of nitrogens with zero attached hydrogens (tertiary/aromatic N) is 1. The summed E-state index contributed by atoms with van der Waals surface area (Å²) >= 11 is 0. The van der Waals surface area contributed by atoms with Crippen LogP contribution in [0.5, 0.6) is 0 Å². The lowest BCUT2D eigenvalue weighted by molar-refractivity contribution is 0.0298. The maximum atomic E-state index is 12.3. The molecule has 1 aromatic heterocycles. The summed E-state index contributed by atoms with van der Waals surface area (Å²) in [5.74, 6) is 1.04. The molecule has 0 aromatic carbocycles. The second-order valence-electron chi connectivity index (χ2n) is 5.20. The largest absolute Gasteiger partial charge is 0.456 e. The molecule has 1 aromatic rings. The maximum absolute atomic E-state index is 12.3. The van der Waals surface area contributed by atoms with Gasteiger partial charge in [-0.05, 0) is 39.3 Å². The van der Waals surface area contributed by atoms with E-state index in [1.165, 1.54) is 0 Å². The standard InChI is InChI=1S/C14H23NO3/c1-6-11-10(3)8-12(18-11)13(16)15(7-2)9-14(4,5)17/h8,17H,6-7,9H2,1-5H3. The molecule has 102 valence electrons. The molecule has 0 aliphatic heterocycles. The Morgan fingerprint density at radius 2 is 2.06 bits per heavy atom. The van der Waals surface area contributed by atoms with Crippen molar-refractivity contribution < 1.29 is 14.3 Å². The van der Waals surface area contributed by atoms with E-state index < -0.39 is 5.60 Å². The number of carbonyl (C=O) groups excluding carboxylic acids is 1. The SMILES string of the molecule is CCc1oc(C(=O)N(CC)CC(C)(C)O)cc1C. The Balaban J connectivity index is 2.89. The van der Waals surface area contributed by atoms with Crippen molar-refractivity contribution in [1.82, 2.24) is 4.90 Å². The lowest BCUT2D eigenvalue weighted by Crippen LogP contribution is -2.42. The van der Waals surface area contributed by atoms with E-state index in [2.05, 4.69) is 0 Å². The number of likely N-dealkylation sites (N-methyl/N-ethyl adjacent to an activating group) is 1. The van der Waals surface area contributed by atoms with Crippen LogP contribution in [-0.2, 0) is 6.42 Å². The first-order chi connectivity index (χ1) is 8.28. The molecule has 0 saturated heterocycles. The second kappa shape index (κ2) is 5.57. The first kappa shape index (κ1) is 14.8. The topological polar surface area (TPSA) is 53.7 Å².